The molecule has 2 aromatic rings. The number of hydrogen-bond acceptors (Lipinski definition) is 3. The minimum absolute atomic E-state index is 0.271. The number of pyridine rings is 1. The average molecular weight is 307 g/mol. The van der Waals surface area contributed by atoms with Gasteiger partial charge in [0.05, 0.1) is 5.52 Å². The molecule has 4 atom stereocenters. The molecule has 0 spiro atoms. The van der Waals surface area contributed by atoms with Crippen LogP contribution in [0.3, 0.4) is 0 Å². The normalized spacial score (nSPS) is 34.6. The quantitative estimate of drug-likeness (QED) is 0.851. The number of rotatable bonds is 1. The smallest absolute Gasteiger partial charge is 0.177 e. The summed E-state index contributed by atoms with van der Waals surface area (Å²) in [4.78, 5) is 12.4. The van der Waals surface area contributed by atoms with Crippen LogP contribution in [0.2, 0.25) is 0 Å². The minimum atomic E-state index is 0.271. The van der Waals surface area contributed by atoms with Crippen LogP contribution in [0, 0.1) is 11.8 Å². The molecule has 2 heterocycles. The predicted molar refractivity (Wildman–Crippen MR) is 73.1 cm³/mol. The molecule has 4 rings (SSSR count). The van der Waals surface area contributed by atoms with Crippen LogP contribution in [0.15, 0.2) is 16.7 Å². The highest BCUT2D eigenvalue weighted by atomic mass is 79.9. The molecule has 4 unspecified atom stereocenters. The van der Waals surface area contributed by atoms with Crippen molar-refractivity contribution in [2.24, 2.45) is 17.6 Å². The molecule has 3 N–H and O–H groups in total. The molecule has 0 aromatic carbocycles. The van der Waals surface area contributed by atoms with Crippen LogP contribution in [-0.2, 0) is 0 Å². The zero-order valence-corrected chi connectivity index (χ0v) is 11.5. The van der Waals surface area contributed by atoms with E-state index in [0.717, 1.165) is 21.5 Å². The number of nitrogens with one attached hydrogen (secondary N) is 1. The molecule has 0 radical (unpaired) electrons. The average Bonchev–Trinajstić information content (AvgIpc) is 3.00. The SMILES string of the molecule is NC1C2CCC(C2)C1c1nc2ncc(Br)cc2[nH]1. The van der Waals surface area contributed by atoms with Gasteiger partial charge < -0.3 is 10.7 Å². The maximum Gasteiger partial charge on any atom is 0.177 e. The number of nitrogens with zero attached hydrogens (tertiary/aromatic N) is 2. The van der Waals surface area contributed by atoms with Crippen molar-refractivity contribution in [3.05, 3.63) is 22.6 Å². The lowest BCUT2D eigenvalue weighted by atomic mass is 9.84. The van der Waals surface area contributed by atoms with E-state index in [-0.39, 0.29) is 6.04 Å². The van der Waals surface area contributed by atoms with Crippen molar-refractivity contribution >= 4 is 27.1 Å². The van der Waals surface area contributed by atoms with E-state index in [4.69, 9.17) is 5.73 Å². The summed E-state index contributed by atoms with van der Waals surface area (Å²) < 4.78 is 0.974. The lowest BCUT2D eigenvalue weighted by Gasteiger charge is -2.26. The third-order valence-electron chi connectivity index (χ3n) is 4.62. The molecule has 5 heteroatoms. The zero-order chi connectivity index (χ0) is 12.3. The summed E-state index contributed by atoms with van der Waals surface area (Å²) in [6, 6.07) is 2.30. The first kappa shape index (κ1) is 10.9. The largest absolute Gasteiger partial charge is 0.340 e. The standard InChI is InChI=1S/C13H15BrN4/c14-8-4-9-12(16-5-8)18-13(17-9)10-6-1-2-7(3-6)11(10)15/h4-7,10-11H,1-3,15H2,(H,16,17,18). The second-order valence-electron chi connectivity index (χ2n) is 5.58. The summed E-state index contributed by atoms with van der Waals surface area (Å²) in [5.74, 6) is 2.86. The molecule has 2 saturated carbocycles. The van der Waals surface area contributed by atoms with Gasteiger partial charge in [0.2, 0.25) is 0 Å². The maximum atomic E-state index is 6.36. The highest BCUT2D eigenvalue weighted by molar-refractivity contribution is 9.10. The van der Waals surface area contributed by atoms with Crippen LogP contribution >= 0.6 is 15.9 Å². The Morgan fingerprint density at radius 1 is 1.33 bits per heavy atom. The van der Waals surface area contributed by atoms with Crippen molar-refractivity contribution in [1.29, 1.82) is 0 Å². The summed E-state index contributed by atoms with van der Waals surface area (Å²) in [6.07, 6.45) is 5.66. The molecule has 0 amide bonds. The second-order valence-corrected chi connectivity index (χ2v) is 6.50. The molecule has 2 fully saturated rings. The minimum Gasteiger partial charge on any atom is -0.340 e. The number of halogens is 1. The van der Waals surface area contributed by atoms with Crippen LogP contribution in [0.1, 0.15) is 31.0 Å². The van der Waals surface area contributed by atoms with E-state index in [0.29, 0.717) is 17.8 Å². The van der Waals surface area contributed by atoms with E-state index in [1.165, 1.54) is 19.3 Å². The van der Waals surface area contributed by atoms with Gasteiger partial charge in [-0.05, 0) is 53.1 Å². The van der Waals surface area contributed by atoms with Crippen LogP contribution in [0.5, 0.6) is 0 Å². The van der Waals surface area contributed by atoms with Crippen molar-refractivity contribution in [2.45, 2.75) is 31.2 Å². The molecule has 4 nitrogen and oxygen atoms in total. The van der Waals surface area contributed by atoms with Gasteiger partial charge in [-0.1, -0.05) is 0 Å². The Balaban J connectivity index is 1.78. The maximum absolute atomic E-state index is 6.36. The number of fused-ring (bicyclic) bond motifs is 3. The van der Waals surface area contributed by atoms with Crippen LogP contribution < -0.4 is 5.73 Å². The molecular formula is C13H15BrN4. The molecule has 2 bridgehead atoms. The number of H-pyrrole nitrogens is 1. The lowest BCUT2D eigenvalue weighted by Crippen LogP contribution is -2.34. The molecular weight excluding hydrogens is 292 g/mol. The van der Waals surface area contributed by atoms with Gasteiger partial charge in [-0.3, -0.25) is 0 Å². The first-order valence-corrected chi connectivity index (χ1v) is 7.28. The second kappa shape index (κ2) is 3.78. The summed E-state index contributed by atoms with van der Waals surface area (Å²) in [5, 5.41) is 0. The van der Waals surface area contributed by atoms with Crippen molar-refractivity contribution in [3.8, 4) is 0 Å². The zero-order valence-electron chi connectivity index (χ0n) is 9.94. The van der Waals surface area contributed by atoms with Crippen LogP contribution in [-0.4, -0.2) is 21.0 Å². The number of aromatic amines is 1. The van der Waals surface area contributed by atoms with E-state index in [2.05, 4.69) is 30.9 Å². The van der Waals surface area contributed by atoms with Crippen molar-refractivity contribution in [2.75, 3.05) is 0 Å². The Kier molecular flexibility index (Phi) is 2.29. The molecule has 94 valence electrons. The fraction of sp³-hybridized carbons (Fsp3) is 0.538. The van der Waals surface area contributed by atoms with E-state index in [1.54, 1.807) is 6.20 Å². The third kappa shape index (κ3) is 1.47. The topological polar surface area (TPSA) is 67.6 Å². The summed E-state index contributed by atoms with van der Waals surface area (Å²) >= 11 is 3.43. The van der Waals surface area contributed by atoms with Gasteiger partial charge in [0, 0.05) is 22.6 Å². The monoisotopic (exact) mass is 306 g/mol. The molecule has 2 aliphatic rings. The lowest BCUT2D eigenvalue weighted by molar-refractivity contribution is 0.356. The number of nitrogens with two attached hydrogens (primary N) is 1. The molecule has 18 heavy (non-hydrogen) atoms. The van der Waals surface area contributed by atoms with Gasteiger partial charge in [-0.15, -0.1) is 0 Å². The molecule has 2 aliphatic carbocycles. The fourth-order valence-electron chi connectivity index (χ4n) is 3.79. The van der Waals surface area contributed by atoms with Crippen molar-refractivity contribution in [1.82, 2.24) is 15.0 Å². The third-order valence-corrected chi connectivity index (χ3v) is 5.05. The van der Waals surface area contributed by atoms with Crippen molar-refractivity contribution < 1.29 is 0 Å². The van der Waals surface area contributed by atoms with Gasteiger partial charge in [-0.2, -0.15) is 0 Å². The Morgan fingerprint density at radius 3 is 2.94 bits per heavy atom. The van der Waals surface area contributed by atoms with Gasteiger partial charge in [0.25, 0.3) is 0 Å². The number of imidazole rings is 1. The van der Waals surface area contributed by atoms with E-state index < -0.39 is 0 Å². The first-order chi connectivity index (χ1) is 8.72. The molecule has 0 aliphatic heterocycles. The Bertz CT molecular complexity index is 606. The summed E-state index contributed by atoms with van der Waals surface area (Å²) in [7, 11) is 0. The predicted octanol–water partition coefficient (Wildman–Crippen LogP) is 2.56. The van der Waals surface area contributed by atoms with Gasteiger partial charge in [0.15, 0.2) is 5.65 Å². The highest BCUT2D eigenvalue weighted by Crippen LogP contribution is 2.51. The van der Waals surface area contributed by atoms with Crippen LogP contribution in [0.4, 0.5) is 0 Å². The van der Waals surface area contributed by atoms with Gasteiger partial charge >= 0.3 is 0 Å². The van der Waals surface area contributed by atoms with E-state index >= 15 is 0 Å². The van der Waals surface area contributed by atoms with E-state index in [1.807, 2.05) is 6.07 Å². The van der Waals surface area contributed by atoms with Gasteiger partial charge in [-0.25, -0.2) is 9.97 Å². The number of hydrogen-bond donors (Lipinski definition) is 2. The summed E-state index contributed by atoms with van der Waals surface area (Å²) in [6.45, 7) is 0. The van der Waals surface area contributed by atoms with Gasteiger partial charge in [0.1, 0.15) is 5.82 Å². The Labute approximate surface area is 114 Å². The highest BCUT2D eigenvalue weighted by Gasteiger charge is 2.47. The number of aromatic nitrogens is 3. The fourth-order valence-corrected chi connectivity index (χ4v) is 4.12. The Hall–Kier alpha value is -0.940. The Morgan fingerprint density at radius 2 is 2.17 bits per heavy atom. The van der Waals surface area contributed by atoms with E-state index in [9.17, 15) is 0 Å². The molecule has 2 aromatic heterocycles. The summed E-state index contributed by atoms with van der Waals surface area (Å²) in [5.41, 5.74) is 8.15. The molecule has 0 saturated heterocycles. The first-order valence-electron chi connectivity index (χ1n) is 6.49. The van der Waals surface area contributed by atoms with Crippen molar-refractivity contribution in [3.63, 3.8) is 0 Å². The van der Waals surface area contributed by atoms with Crippen LogP contribution in [0.25, 0.3) is 11.2 Å².